The lowest BCUT2D eigenvalue weighted by Gasteiger charge is -2.15. The van der Waals surface area contributed by atoms with E-state index in [1.165, 1.54) is 23.7 Å². The van der Waals surface area contributed by atoms with Crippen molar-refractivity contribution in [1.29, 1.82) is 0 Å². The van der Waals surface area contributed by atoms with Gasteiger partial charge in [-0.25, -0.2) is 4.57 Å². The highest BCUT2D eigenvalue weighted by molar-refractivity contribution is 6.35. The third-order valence-electron chi connectivity index (χ3n) is 3.29. The van der Waals surface area contributed by atoms with Crippen molar-refractivity contribution >= 4 is 34.9 Å². The standard InChI is InChI=1S/C14H13Cl2N3O3/c1-8(10-4-3-9(15)7-11(10)16)17-14(20)12-5-6-13(18(12)2)19(21)22/h3-8H,1-2H3,(H,17,20)/t8-/m1/s1. The van der Waals surface area contributed by atoms with Gasteiger partial charge in [0.2, 0.25) is 0 Å². The minimum atomic E-state index is -0.545. The molecule has 2 aromatic rings. The summed E-state index contributed by atoms with van der Waals surface area (Å²) in [7, 11) is 1.47. The lowest BCUT2D eigenvalue weighted by Crippen LogP contribution is -2.28. The Morgan fingerprint density at radius 1 is 1.32 bits per heavy atom. The van der Waals surface area contributed by atoms with Crippen LogP contribution < -0.4 is 5.32 Å². The Kier molecular flexibility index (Phi) is 4.73. The predicted molar refractivity (Wildman–Crippen MR) is 84.4 cm³/mol. The fourth-order valence-electron chi connectivity index (χ4n) is 2.11. The predicted octanol–water partition coefficient (Wildman–Crippen LogP) is 3.73. The summed E-state index contributed by atoms with van der Waals surface area (Å²) in [4.78, 5) is 22.5. The summed E-state index contributed by atoms with van der Waals surface area (Å²) in [6, 6.07) is 7.32. The molecule has 0 aliphatic heterocycles. The second kappa shape index (κ2) is 6.37. The van der Waals surface area contributed by atoms with Crippen LogP contribution in [0.3, 0.4) is 0 Å². The quantitative estimate of drug-likeness (QED) is 0.679. The number of rotatable bonds is 4. The van der Waals surface area contributed by atoms with Gasteiger partial charge in [-0.3, -0.25) is 4.79 Å². The average molecular weight is 342 g/mol. The minimum absolute atomic E-state index is 0.151. The van der Waals surface area contributed by atoms with E-state index in [4.69, 9.17) is 23.2 Å². The molecule has 2 rings (SSSR count). The molecule has 0 saturated heterocycles. The van der Waals surface area contributed by atoms with Gasteiger partial charge in [-0.1, -0.05) is 29.3 Å². The highest BCUT2D eigenvalue weighted by Crippen LogP contribution is 2.26. The summed E-state index contributed by atoms with van der Waals surface area (Å²) in [6.07, 6.45) is 0. The first kappa shape index (κ1) is 16.3. The summed E-state index contributed by atoms with van der Waals surface area (Å²) < 4.78 is 1.23. The number of benzene rings is 1. The van der Waals surface area contributed by atoms with E-state index in [0.29, 0.717) is 15.6 Å². The molecule has 1 atom stereocenters. The molecule has 6 nitrogen and oxygen atoms in total. The topological polar surface area (TPSA) is 77.2 Å². The molecule has 1 heterocycles. The Hall–Kier alpha value is -2.05. The van der Waals surface area contributed by atoms with E-state index < -0.39 is 10.8 Å². The number of halogens is 2. The molecule has 116 valence electrons. The van der Waals surface area contributed by atoms with Gasteiger partial charge in [-0.2, -0.15) is 0 Å². The number of nitrogens with zero attached hydrogens (tertiary/aromatic N) is 2. The van der Waals surface area contributed by atoms with Crippen LogP contribution >= 0.6 is 23.2 Å². The van der Waals surface area contributed by atoms with Crippen LogP contribution in [-0.4, -0.2) is 15.4 Å². The van der Waals surface area contributed by atoms with Gasteiger partial charge in [0.15, 0.2) is 5.69 Å². The first-order valence-corrected chi connectivity index (χ1v) is 7.12. The molecular weight excluding hydrogens is 329 g/mol. The fraction of sp³-hybridized carbons (Fsp3) is 0.214. The second-order valence-corrected chi connectivity index (χ2v) is 5.60. The van der Waals surface area contributed by atoms with Gasteiger partial charge in [0.1, 0.15) is 0 Å². The van der Waals surface area contributed by atoms with Gasteiger partial charge >= 0.3 is 5.82 Å². The van der Waals surface area contributed by atoms with Crippen LogP contribution in [0.25, 0.3) is 0 Å². The SMILES string of the molecule is C[C@@H](NC(=O)c1ccc([N+](=O)[O-])n1C)c1ccc(Cl)cc1Cl. The number of aromatic nitrogens is 1. The normalized spacial score (nSPS) is 12.0. The molecule has 0 aliphatic rings. The summed E-state index contributed by atoms with van der Waals surface area (Å²) in [5, 5.41) is 14.5. The van der Waals surface area contributed by atoms with Crippen molar-refractivity contribution in [1.82, 2.24) is 9.88 Å². The second-order valence-electron chi connectivity index (χ2n) is 4.75. The molecule has 1 amide bonds. The van der Waals surface area contributed by atoms with Gasteiger partial charge in [0, 0.05) is 16.1 Å². The van der Waals surface area contributed by atoms with Gasteiger partial charge < -0.3 is 15.4 Å². The van der Waals surface area contributed by atoms with Gasteiger partial charge in [0.05, 0.1) is 13.1 Å². The lowest BCUT2D eigenvalue weighted by atomic mass is 10.1. The van der Waals surface area contributed by atoms with Crippen molar-refractivity contribution in [3.63, 3.8) is 0 Å². The first-order chi connectivity index (χ1) is 10.3. The van der Waals surface area contributed by atoms with E-state index in [0.717, 1.165) is 0 Å². The molecular formula is C14H13Cl2N3O3. The summed E-state index contributed by atoms with van der Waals surface area (Å²) in [5.41, 5.74) is 0.909. The molecule has 0 fully saturated rings. The zero-order valence-electron chi connectivity index (χ0n) is 11.8. The molecule has 22 heavy (non-hydrogen) atoms. The van der Waals surface area contributed by atoms with E-state index >= 15 is 0 Å². The van der Waals surface area contributed by atoms with E-state index in [1.54, 1.807) is 25.1 Å². The van der Waals surface area contributed by atoms with E-state index in [9.17, 15) is 14.9 Å². The highest BCUT2D eigenvalue weighted by atomic mass is 35.5. The van der Waals surface area contributed by atoms with Crippen LogP contribution in [0.2, 0.25) is 10.0 Å². The molecule has 1 N–H and O–H groups in total. The third kappa shape index (κ3) is 3.23. The number of carbonyl (C=O) groups is 1. The average Bonchev–Trinajstić information content (AvgIpc) is 2.80. The van der Waals surface area contributed by atoms with Crippen LogP contribution in [0.5, 0.6) is 0 Å². The fourth-order valence-corrected chi connectivity index (χ4v) is 2.68. The number of nitro groups is 1. The summed E-state index contributed by atoms with van der Waals surface area (Å²) in [6.45, 7) is 1.77. The van der Waals surface area contributed by atoms with Crippen molar-refractivity contribution in [2.45, 2.75) is 13.0 Å². The number of nitrogens with one attached hydrogen (secondary N) is 1. The Labute approximate surface area is 136 Å². The molecule has 1 aromatic heterocycles. The van der Waals surface area contributed by atoms with Crippen molar-refractivity contribution in [2.24, 2.45) is 7.05 Å². The van der Waals surface area contributed by atoms with Crippen LogP contribution in [-0.2, 0) is 7.05 Å². The van der Waals surface area contributed by atoms with Crippen LogP contribution in [0.15, 0.2) is 30.3 Å². The van der Waals surface area contributed by atoms with Crippen LogP contribution in [0, 0.1) is 10.1 Å². The van der Waals surface area contributed by atoms with Crippen molar-refractivity contribution < 1.29 is 9.72 Å². The first-order valence-electron chi connectivity index (χ1n) is 6.37. The molecule has 0 spiro atoms. The molecule has 1 aromatic carbocycles. The van der Waals surface area contributed by atoms with Crippen LogP contribution in [0.4, 0.5) is 5.82 Å². The maximum absolute atomic E-state index is 12.2. The Balaban J connectivity index is 2.19. The van der Waals surface area contributed by atoms with Gasteiger partial charge in [-0.15, -0.1) is 0 Å². The largest absolute Gasteiger partial charge is 0.358 e. The Morgan fingerprint density at radius 3 is 2.55 bits per heavy atom. The Morgan fingerprint density at radius 2 is 2.00 bits per heavy atom. The third-order valence-corrected chi connectivity index (χ3v) is 3.85. The number of carbonyl (C=O) groups excluding carboxylic acids is 1. The zero-order chi connectivity index (χ0) is 16.4. The van der Waals surface area contributed by atoms with Gasteiger partial charge in [0.25, 0.3) is 5.91 Å². The van der Waals surface area contributed by atoms with E-state index in [-0.39, 0.29) is 17.6 Å². The number of amides is 1. The molecule has 0 unspecified atom stereocenters. The van der Waals surface area contributed by atoms with Gasteiger partial charge in [-0.05, 0) is 35.6 Å². The van der Waals surface area contributed by atoms with Crippen molar-refractivity contribution in [3.05, 3.63) is 61.7 Å². The highest BCUT2D eigenvalue weighted by Gasteiger charge is 2.22. The van der Waals surface area contributed by atoms with Crippen molar-refractivity contribution in [2.75, 3.05) is 0 Å². The maximum atomic E-state index is 12.2. The zero-order valence-corrected chi connectivity index (χ0v) is 13.4. The van der Waals surface area contributed by atoms with Crippen molar-refractivity contribution in [3.8, 4) is 0 Å². The lowest BCUT2D eigenvalue weighted by molar-refractivity contribution is -0.391. The van der Waals surface area contributed by atoms with Crippen LogP contribution in [0.1, 0.15) is 29.0 Å². The molecule has 0 aliphatic carbocycles. The van der Waals surface area contributed by atoms with E-state index in [1.807, 2.05) is 0 Å². The summed E-state index contributed by atoms with van der Waals surface area (Å²) in [5.74, 6) is -0.573. The molecule has 8 heteroatoms. The molecule has 0 saturated carbocycles. The number of hydrogen-bond acceptors (Lipinski definition) is 3. The monoisotopic (exact) mass is 341 g/mol. The molecule has 0 bridgehead atoms. The maximum Gasteiger partial charge on any atom is 0.323 e. The Bertz CT molecular complexity index is 743. The number of hydrogen-bond donors (Lipinski definition) is 1. The molecule has 0 radical (unpaired) electrons. The minimum Gasteiger partial charge on any atom is -0.358 e. The van der Waals surface area contributed by atoms with E-state index in [2.05, 4.69) is 5.32 Å². The smallest absolute Gasteiger partial charge is 0.323 e. The summed E-state index contributed by atoms with van der Waals surface area (Å²) >= 11 is 11.9.